The van der Waals surface area contributed by atoms with E-state index < -0.39 is 53.3 Å². The molecule has 9 nitrogen and oxygen atoms in total. The molecule has 1 aliphatic heterocycles. The standard InChI is InChI=1S/C20H29NO8/c1-7-10-28-17(24)20(18(25)29-11-8-2)19(6,26)12-14(22)21(20)15(13(4)5)16(23)27-9-3/h7-8,13,15,26H,1-2,9-12H2,3-6H3/t15-,19?/m1/s1. The van der Waals surface area contributed by atoms with Gasteiger partial charge in [-0.25, -0.2) is 14.4 Å². The summed E-state index contributed by atoms with van der Waals surface area (Å²) in [5.74, 6) is -4.60. The summed E-state index contributed by atoms with van der Waals surface area (Å²) < 4.78 is 15.2. The maximum absolute atomic E-state index is 13.1. The number of aliphatic hydroxyl groups is 1. The molecule has 1 N–H and O–H groups in total. The lowest BCUT2D eigenvalue weighted by atomic mass is 9.80. The quantitative estimate of drug-likeness (QED) is 0.242. The number of likely N-dealkylation sites (tertiary alicyclic amines) is 1. The molecule has 0 bridgehead atoms. The first-order chi connectivity index (χ1) is 13.5. The zero-order valence-electron chi connectivity index (χ0n) is 17.3. The first-order valence-electron chi connectivity index (χ1n) is 9.30. The molecule has 0 aromatic rings. The first-order valence-corrected chi connectivity index (χ1v) is 9.30. The van der Waals surface area contributed by atoms with Gasteiger partial charge in [0.15, 0.2) is 0 Å². The third-order valence-electron chi connectivity index (χ3n) is 4.60. The molecule has 0 spiro atoms. The summed E-state index contributed by atoms with van der Waals surface area (Å²) in [7, 11) is 0. The SMILES string of the molecule is C=CCOC(=O)C1(C(=O)OCC=C)N([C@@H](C(=O)OCC)C(C)C)C(=O)CC1(C)O. The molecule has 1 unspecified atom stereocenters. The third-order valence-corrected chi connectivity index (χ3v) is 4.60. The predicted molar refractivity (Wildman–Crippen MR) is 102 cm³/mol. The van der Waals surface area contributed by atoms with Crippen LogP contribution in [0.25, 0.3) is 0 Å². The third kappa shape index (κ3) is 4.34. The van der Waals surface area contributed by atoms with Crippen LogP contribution in [0.1, 0.15) is 34.1 Å². The van der Waals surface area contributed by atoms with Crippen LogP contribution in [-0.4, -0.2) is 70.8 Å². The Labute approximate surface area is 170 Å². The van der Waals surface area contributed by atoms with Crippen LogP contribution < -0.4 is 0 Å². The van der Waals surface area contributed by atoms with E-state index in [1.54, 1.807) is 20.8 Å². The minimum Gasteiger partial charge on any atom is -0.464 e. The van der Waals surface area contributed by atoms with Gasteiger partial charge in [0, 0.05) is 0 Å². The summed E-state index contributed by atoms with van der Waals surface area (Å²) >= 11 is 0. The minimum atomic E-state index is -2.60. The number of hydrogen-bond donors (Lipinski definition) is 1. The molecular weight excluding hydrogens is 382 g/mol. The zero-order chi connectivity index (χ0) is 22.4. The largest absolute Gasteiger partial charge is 0.464 e. The lowest BCUT2D eigenvalue weighted by Gasteiger charge is -2.43. The van der Waals surface area contributed by atoms with Gasteiger partial charge >= 0.3 is 17.9 Å². The Balaban J connectivity index is 3.73. The Bertz CT molecular complexity index is 658. The molecule has 1 rings (SSSR count). The monoisotopic (exact) mass is 411 g/mol. The Morgan fingerprint density at radius 3 is 2.00 bits per heavy atom. The maximum Gasteiger partial charge on any atom is 0.347 e. The second-order valence-electron chi connectivity index (χ2n) is 7.14. The molecule has 1 aliphatic rings. The lowest BCUT2D eigenvalue weighted by molar-refractivity contribution is -0.193. The van der Waals surface area contributed by atoms with Crippen molar-refractivity contribution in [3.8, 4) is 0 Å². The summed E-state index contributed by atoms with van der Waals surface area (Å²) in [5, 5.41) is 11.1. The minimum absolute atomic E-state index is 0.0231. The fraction of sp³-hybridized carbons (Fsp3) is 0.600. The summed E-state index contributed by atoms with van der Waals surface area (Å²) in [6.07, 6.45) is 1.94. The van der Waals surface area contributed by atoms with Crippen LogP contribution in [0.4, 0.5) is 0 Å². The van der Waals surface area contributed by atoms with Crippen molar-refractivity contribution in [2.45, 2.75) is 51.3 Å². The van der Waals surface area contributed by atoms with Crippen molar-refractivity contribution < 1.29 is 38.5 Å². The Morgan fingerprint density at radius 2 is 1.62 bits per heavy atom. The van der Waals surface area contributed by atoms with Crippen LogP contribution in [0, 0.1) is 5.92 Å². The van der Waals surface area contributed by atoms with Crippen LogP contribution >= 0.6 is 0 Å². The summed E-state index contributed by atoms with van der Waals surface area (Å²) in [4.78, 5) is 52.5. The zero-order valence-corrected chi connectivity index (χ0v) is 17.3. The molecule has 9 heteroatoms. The number of amides is 1. The van der Waals surface area contributed by atoms with Crippen molar-refractivity contribution >= 4 is 23.8 Å². The Morgan fingerprint density at radius 1 is 1.14 bits per heavy atom. The molecule has 1 amide bonds. The van der Waals surface area contributed by atoms with Crippen molar-refractivity contribution in [2.24, 2.45) is 5.92 Å². The van der Waals surface area contributed by atoms with Gasteiger partial charge in [-0.05, 0) is 19.8 Å². The second-order valence-corrected chi connectivity index (χ2v) is 7.14. The van der Waals surface area contributed by atoms with Gasteiger partial charge < -0.3 is 24.2 Å². The molecule has 0 aromatic heterocycles. The van der Waals surface area contributed by atoms with Crippen LogP contribution in [0.2, 0.25) is 0 Å². The maximum atomic E-state index is 13.1. The molecule has 0 aliphatic carbocycles. The van der Waals surface area contributed by atoms with Crippen molar-refractivity contribution in [3.05, 3.63) is 25.3 Å². The van der Waals surface area contributed by atoms with Gasteiger partial charge in [-0.2, -0.15) is 0 Å². The fourth-order valence-electron chi connectivity index (χ4n) is 3.42. The highest BCUT2D eigenvalue weighted by molar-refractivity contribution is 6.13. The normalized spacial score (nSPS) is 21.4. The fourth-order valence-corrected chi connectivity index (χ4v) is 3.42. The van der Waals surface area contributed by atoms with Gasteiger partial charge in [-0.15, -0.1) is 0 Å². The second kappa shape index (κ2) is 9.69. The molecular formula is C20H29NO8. The van der Waals surface area contributed by atoms with Crippen LogP contribution in [0.15, 0.2) is 25.3 Å². The summed E-state index contributed by atoms with van der Waals surface area (Å²) in [5.41, 5.74) is -4.81. The Hall–Kier alpha value is -2.68. The van der Waals surface area contributed by atoms with Gasteiger partial charge in [0.1, 0.15) is 24.9 Å². The molecule has 0 aromatic carbocycles. The highest BCUT2D eigenvalue weighted by atomic mass is 16.6. The number of esters is 3. The van der Waals surface area contributed by atoms with E-state index >= 15 is 0 Å². The number of carbonyl (C=O) groups excluding carboxylic acids is 4. The molecule has 1 fully saturated rings. The van der Waals surface area contributed by atoms with E-state index in [4.69, 9.17) is 14.2 Å². The molecule has 0 radical (unpaired) electrons. The van der Waals surface area contributed by atoms with Crippen LogP contribution in [-0.2, 0) is 33.4 Å². The molecule has 29 heavy (non-hydrogen) atoms. The topological polar surface area (TPSA) is 119 Å². The molecule has 2 atom stereocenters. The molecule has 162 valence electrons. The van der Waals surface area contributed by atoms with Crippen LogP contribution in [0.3, 0.4) is 0 Å². The molecule has 0 saturated carbocycles. The average Bonchev–Trinajstić information content (AvgIpc) is 2.83. The number of rotatable bonds is 10. The number of ether oxygens (including phenoxy) is 3. The number of carbonyl (C=O) groups is 4. The van der Waals surface area contributed by atoms with Gasteiger partial charge in [0.25, 0.3) is 5.54 Å². The van der Waals surface area contributed by atoms with E-state index in [1.165, 1.54) is 12.2 Å². The van der Waals surface area contributed by atoms with E-state index in [2.05, 4.69) is 13.2 Å². The van der Waals surface area contributed by atoms with E-state index in [-0.39, 0.29) is 19.8 Å². The van der Waals surface area contributed by atoms with Gasteiger partial charge in [0.05, 0.1) is 13.0 Å². The summed E-state index contributed by atoms with van der Waals surface area (Å²) in [6, 6.07) is -1.33. The van der Waals surface area contributed by atoms with Gasteiger partial charge in [-0.3, -0.25) is 4.79 Å². The van der Waals surface area contributed by atoms with Gasteiger partial charge in [-0.1, -0.05) is 39.2 Å². The molecule has 1 saturated heterocycles. The van der Waals surface area contributed by atoms with Crippen molar-refractivity contribution in [2.75, 3.05) is 19.8 Å². The highest BCUT2D eigenvalue weighted by Crippen LogP contribution is 2.44. The van der Waals surface area contributed by atoms with E-state index in [1.807, 2.05) is 0 Å². The number of hydrogen-bond acceptors (Lipinski definition) is 8. The first kappa shape index (κ1) is 24.4. The average molecular weight is 411 g/mol. The Kier molecular flexibility index (Phi) is 8.14. The van der Waals surface area contributed by atoms with Crippen molar-refractivity contribution in [1.29, 1.82) is 0 Å². The lowest BCUT2D eigenvalue weighted by Crippen LogP contribution is -2.71. The van der Waals surface area contributed by atoms with E-state index in [0.717, 1.165) is 11.8 Å². The summed E-state index contributed by atoms with van der Waals surface area (Å²) in [6.45, 7) is 12.3. The van der Waals surface area contributed by atoms with Crippen molar-refractivity contribution in [1.82, 2.24) is 4.90 Å². The van der Waals surface area contributed by atoms with Crippen molar-refractivity contribution in [3.63, 3.8) is 0 Å². The smallest absolute Gasteiger partial charge is 0.347 e. The van der Waals surface area contributed by atoms with Gasteiger partial charge in [0.2, 0.25) is 5.91 Å². The predicted octanol–water partition coefficient (Wildman–Crippen LogP) is 0.755. The van der Waals surface area contributed by atoms with Crippen LogP contribution in [0.5, 0.6) is 0 Å². The van der Waals surface area contributed by atoms with E-state index in [0.29, 0.717) is 0 Å². The number of nitrogens with zero attached hydrogens (tertiary/aromatic N) is 1. The molecule has 1 heterocycles. The van der Waals surface area contributed by atoms with E-state index in [9.17, 15) is 24.3 Å². The highest BCUT2D eigenvalue weighted by Gasteiger charge is 2.73.